The van der Waals surface area contributed by atoms with Gasteiger partial charge in [0.2, 0.25) is 10.0 Å². The molecule has 0 aliphatic heterocycles. The minimum absolute atomic E-state index is 0.113. The van der Waals surface area contributed by atoms with Gasteiger partial charge in [-0.2, -0.15) is 13.2 Å². The highest BCUT2D eigenvalue weighted by Gasteiger charge is 2.41. The average Bonchev–Trinajstić information content (AvgIpc) is 3.37. The second-order valence-electron chi connectivity index (χ2n) is 9.22. The van der Waals surface area contributed by atoms with Gasteiger partial charge in [0, 0.05) is 17.3 Å². The van der Waals surface area contributed by atoms with Crippen molar-refractivity contribution in [1.29, 1.82) is 0 Å². The van der Waals surface area contributed by atoms with Crippen molar-refractivity contribution in [2.75, 3.05) is 5.32 Å². The van der Waals surface area contributed by atoms with Gasteiger partial charge < -0.3 is 5.32 Å². The number of halogens is 4. The Kier molecular flexibility index (Phi) is 6.65. The van der Waals surface area contributed by atoms with Crippen LogP contribution in [-0.2, 0) is 29.0 Å². The topological polar surface area (TPSA) is 75.3 Å². The van der Waals surface area contributed by atoms with Gasteiger partial charge in [-0.25, -0.2) is 13.1 Å². The number of amides is 1. The number of alkyl halides is 3. The van der Waals surface area contributed by atoms with E-state index in [4.69, 9.17) is 11.6 Å². The van der Waals surface area contributed by atoms with Crippen LogP contribution in [0.4, 0.5) is 18.9 Å². The molecule has 5 nitrogen and oxygen atoms in total. The molecule has 1 unspecified atom stereocenters. The lowest BCUT2D eigenvalue weighted by molar-refractivity contribution is -0.137. The molecular weight excluding hydrogens is 533 g/mol. The van der Waals surface area contributed by atoms with Crippen LogP contribution in [0, 0.1) is 11.8 Å². The molecule has 2 aromatic carbocycles. The number of rotatable bonds is 5. The molecule has 1 fully saturated rings. The molecule has 1 amide bonds. The number of carbonyl (C=O) groups excluding carboxylic acids is 1. The van der Waals surface area contributed by atoms with Gasteiger partial charge in [0.25, 0.3) is 5.91 Å². The molecule has 0 saturated heterocycles. The summed E-state index contributed by atoms with van der Waals surface area (Å²) in [5.41, 5.74) is 2.00. The standard InChI is InChI=1S/C25H22ClF3N2O3S2/c26-21-9-10-22(35-21)36(33,34)31-23-16-1-2-17(23)12-18-13-20(8-5-15(18)11-16)30-24(32)14-3-6-19(7-4-14)25(27,28)29/h3-10,13,16-17,23,31H,1-2,11-12H2,(H,30,32)/t16-,17?,23+/m0/s1. The third-order valence-electron chi connectivity index (χ3n) is 6.93. The molecule has 5 rings (SSSR count). The van der Waals surface area contributed by atoms with Gasteiger partial charge in [-0.1, -0.05) is 17.7 Å². The van der Waals surface area contributed by atoms with E-state index in [2.05, 4.69) is 10.0 Å². The van der Waals surface area contributed by atoms with E-state index in [0.29, 0.717) is 16.4 Å². The first kappa shape index (κ1) is 25.3. The first-order valence-corrected chi connectivity index (χ1v) is 14.1. The SMILES string of the molecule is O=C(Nc1ccc2c(c1)CC1CC[C@@H](C2)[C@H]1NS(=O)(=O)c1ccc(Cl)s1)c1ccc(C(F)(F)F)cc1. The molecule has 2 bridgehead atoms. The van der Waals surface area contributed by atoms with Crippen LogP contribution < -0.4 is 10.0 Å². The molecule has 0 radical (unpaired) electrons. The fourth-order valence-electron chi connectivity index (χ4n) is 5.17. The largest absolute Gasteiger partial charge is 0.416 e. The van der Waals surface area contributed by atoms with Crippen LogP contribution in [0.2, 0.25) is 4.34 Å². The van der Waals surface area contributed by atoms with E-state index in [1.807, 2.05) is 12.1 Å². The predicted molar refractivity (Wildman–Crippen MR) is 133 cm³/mol. The minimum Gasteiger partial charge on any atom is -0.322 e. The fraction of sp³-hybridized carbons (Fsp3) is 0.320. The van der Waals surface area contributed by atoms with Crippen LogP contribution in [-0.4, -0.2) is 20.4 Å². The Bertz CT molecular complexity index is 1400. The third kappa shape index (κ3) is 5.18. The Morgan fingerprint density at radius 1 is 0.944 bits per heavy atom. The highest BCUT2D eigenvalue weighted by Crippen LogP contribution is 2.41. The molecule has 2 aliphatic rings. The quantitative estimate of drug-likeness (QED) is 0.397. The second kappa shape index (κ2) is 9.48. The number of sulfonamides is 1. The van der Waals surface area contributed by atoms with E-state index in [1.54, 1.807) is 12.1 Å². The molecule has 190 valence electrons. The fourth-order valence-corrected chi connectivity index (χ4v) is 8.05. The highest BCUT2D eigenvalue weighted by atomic mass is 35.5. The minimum atomic E-state index is -4.46. The van der Waals surface area contributed by atoms with Crippen molar-refractivity contribution >= 4 is 44.6 Å². The van der Waals surface area contributed by atoms with Crippen molar-refractivity contribution in [2.45, 2.75) is 42.1 Å². The number of thiophene rings is 1. The summed E-state index contributed by atoms with van der Waals surface area (Å²) in [5, 5.41) is 2.76. The van der Waals surface area contributed by atoms with Gasteiger partial charge in [0.1, 0.15) is 4.21 Å². The predicted octanol–water partition coefficient (Wildman–Crippen LogP) is 6.14. The van der Waals surface area contributed by atoms with E-state index in [0.717, 1.165) is 66.0 Å². The average molecular weight is 555 g/mol. The molecule has 2 N–H and O–H groups in total. The van der Waals surface area contributed by atoms with Crippen LogP contribution in [0.5, 0.6) is 0 Å². The summed E-state index contributed by atoms with van der Waals surface area (Å²) in [7, 11) is -3.68. The third-order valence-corrected chi connectivity index (χ3v) is 10.1. The van der Waals surface area contributed by atoms with Crippen molar-refractivity contribution < 1.29 is 26.4 Å². The lowest BCUT2D eigenvalue weighted by Gasteiger charge is -2.23. The molecule has 1 saturated carbocycles. The van der Waals surface area contributed by atoms with Crippen LogP contribution in [0.25, 0.3) is 0 Å². The zero-order valence-electron chi connectivity index (χ0n) is 18.8. The number of benzene rings is 2. The first-order chi connectivity index (χ1) is 17.0. The Morgan fingerprint density at radius 2 is 1.61 bits per heavy atom. The van der Waals surface area contributed by atoms with Crippen molar-refractivity contribution in [1.82, 2.24) is 4.72 Å². The van der Waals surface area contributed by atoms with Gasteiger partial charge in [-0.3, -0.25) is 4.79 Å². The first-order valence-electron chi connectivity index (χ1n) is 11.4. The molecular formula is C25H22ClF3N2O3S2. The van der Waals surface area contributed by atoms with E-state index >= 15 is 0 Å². The highest BCUT2D eigenvalue weighted by molar-refractivity contribution is 7.91. The summed E-state index contributed by atoms with van der Waals surface area (Å²) < 4.78 is 67.8. The maximum absolute atomic E-state index is 12.9. The summed E-state index contributed by atoms with van der Waals surface area (Å²) in [6, 6.07) is 12.5. The summed E-state index contributed by atoms with van der Waals surface area (Å²) >= 11 is 6.96. The number of carbonyl (C=O) groups is 1. The molecule has 3 aromatic rings. The zero-order chi connectivity index (χ0) is 25.7. The Labute approximate surface area is 215 Å². The molecule has 11 heteroatoms. The second-order valence-corrected chi connectivity index (χ2v) is 12.9. The van der Waals surface area contributed by atoms with Gasteiger partial charge in [0.15, 0.2) is 0 Å². The van der Waals surface area contributed by atoms with Crippen LogP contribution in [0.3, 0.4) is 0 Å². The van der Waals surface area contributed by atoms with Crippen LogP contribution in [0.15, 0.2) is 58.8 Å². The van der Waals surface area contributed by atoms with Crippen LogP contribution >= 0.6 is 22.9 Å². The van der Waals surface area contributed by atoms with Gasteiger partial charge in [-0.15, -0.1) is 11.3 Å². The lowest BCUT2D eigenvalue weighted by atomic mass is 9.93. The van der Waals surface area contributed by atoms with Crippen LogP contribution in [0.1, 0.15) is 39.9 Å². The maximum Gasteiger partial charge on any atom is 0.416 e. The summed E-state index contributed by atoms with van der Waals surface area (Å²) in [6.45, 7) is 0. The van der Waals surface area contributed by atoms with Crippen molar-refractivity contribution in [3.05, 3.63) is 81.2 Å². The molecule has 1 heterocycles. The molecule has 1 aromatic heterocycles. The molecule has 3 atom stereocenters. The number of anilines is 1. The Balaban J connectivity index is 1.31. The molecule has 2 aliphatic carbocycles. The smallest absolute Gasteiger partial charge is 0.322 e. The van der Waals surface area contributed by atoms with E-state index < -0.39 is 27.7 Å². The number of hydrogen-bond acceptors (Lipinski definition) is 4. The summed E-state index contributed by atoms with van der Waals surface area (Å²) in [5.74, 6) is -0.226. The summed E-state index contributed by atoms with van der Waals surface area (Å²) in [4.78, 5) is 12.6. The van der Waals surface area contributed by atoms with E-state index in [-0.39, 0.29) is 27.7 Å². The molecule has 36 heavy (non-hydrogen) atoms. The van der Waals surface area contributed by atoms with Crippen molar-refractivity contribution in [2.24, 2.45) is 11.8 Å². The maximum atomic E-state index is 12.9. The van der Waals surface area contributed by atoms with Gasteiger partial charge >= 0.3 is 6.18 Å². The number of hydrogen-bond donors (Lipinski definition) is 2. The van der Waals surface area contributed by atoms with Crippen molar-refractivity contribution in [3.63, 3.8) is 0 Å². The normalized spacial score (nSPS) is 21.6. The Morgan fingerprint density at radius 3 is 2.22 bits per heavy atom. The summed E-state index contributed by atoms with van der Waals surface area (Å²) in [6.07, 6.45) is -1.26. The number of nitrogens with one attached hydrogen (secondary N) is 2. The monoisotopic (exact) mass is 554 g/mol. The van der Waals surface area contributed by atoms with E-state index in [1.165, 1.54) is 6.07 Å². The Hall–Kier alpha value is -2.40. The lowest BCUT2D eigenvalue weighted by Crippen LogP contribution is -2.41. The number of fused-ring (bicyclic) bond motifs is 3. The van der Waals surface area contributed by atoms with E-state index in [9.17, 15) is 26.4 Å². The molecule has 0 spiro atoms. The van der Waals surface area contributed by atoms with Gasteiger partial charge in [-0.05, 0) is 97.2 Å². The van der Waals surface area contributed by atoms with Gasteiger partial charge in [0.05, 0.1) is 9.90 Å². The zero-order valence-corrected chi connectivity index (χ0v) is 21.2. The van der Waals surface area contributed by atoms with Crippen molar-refractivity contribution in [3.8, 4) is 0 Å².